The lowest BCUT2D eigenvalue weighted by Crippen LogP contribution is -2.33. The second-order valence-corrected chi connectivity index (χ2v) is 6.02. The average Bonchev–Trinajstić information content (AvgIpc) is 3.10. The van der Waals surface area contributed by atoms with Crippen LogP contribution < -0.4 is 5.32 Å². The van der Waals surface area contributed by atoms with Crippen LogP contribution in [0.5, 0.6) is 0 Å². The molecule has 1 aromatic carbocycles. The molecule has 0 fully saturated rings. The number of carbonyl (C=O) groups excluding carboxylic acids is 1. The highest BCUT2D eigenvalue weighted by Gasteiger charge is 2.19. The Hall–Kier alpha value is -2.07. The number of aryl methyl sites for hydroxylation is 2. The van der Waals surface area contributed by atoms with Crippen LogP contribution in [-0.4, -0.2) is 28.2 Å². The van der Waals surface area contributed by atoms with Crippen LogP contribution in [0.25, 0.3) is 10.9 Å². The Morgan fingerprint density at radius 2 is 2.18 bits per heavy atom. The zero-order valence-electron chi connectivity index (χ0n) is 12.8. The van der Waals surface area contributed by atoms with Gasteiger partial charge in [-0.25, -0.2) is 0 Å². The zero-order valence-corrected chi connectivity index (χ0v) is 12.8. The summed E-state index contributed by atoms with van der Waals surface area (Å²) in [7, 11) is 2.03. The molecule has 22 heavy (non-hydrogen) atoms. The highest BCUT2D eigenvalue weighted by atomic mass is 16.3. The van der Waals surface area contributed by atoms with Gasteiger partial charge in [-0.3, -0.25) is 4.79 Å². The minimum absolute atomic E-state index is 0.0668. The van der Waals surface area contributed by atoms with Gasteiger partial charge in [0, 0.05) is 49.1 Å². The van der Waals surface area contributed by atoms with Gasteiger partial charge in [-0.1, -0.05) is 30.4 Å². The van der Waals surface area contributed by atoms with Crippen molar-refractivity contribution in [1.82, 2.24) is 9.88 Å². The van der Waals surface area contributed by atoms with Crippen LogP contribution in [0.3, 0.4) is 0 Å². The Bertz CT molecular complexity index is 702. The van der Waals surface area contributed by atoms with Crippen molar-refractivity contribution in [3.05, 3.63) is 48.2 Å². The molecule has 0 saturated carbocycles. The fourth-order valence-corrected chi connectivity index (χ4v) is 3.17. The normalized spacial score (nSPS) is 20.6. The van der Waals surface area contributed by atoms with E-state index in [9.17, 15) is 4.79 Å². The SMILES string of the molecule is Cn1cc(CCC(=O)N[C@@H]2C=C[C@H](CO)C2)c2ccccc21. The Labute approximate surface area is 130 Å². The molecule has 0 unspecified atom stereocenters. The van der Waals surface area contributed by atoms with Gasteiger partial charge in [0.2, 0.25) is 5.91 Å². The van der Waals surface area contributed by atoms with E-state index in [1.54, 1.807) is 0 Å². The molecule has 2 N–H and O–H groups in total. The molecular weight excluding hydrogens is 276 g/mol. The van der Waals surface area contributed by atoms with E-state index < -0.39 is 0 Å². The van der Waals surface area contributed by atoms with Crippen LogP contribution in [-0.2, 0) is 18.3 Å². The molecule has 0 saturated heterocycles. The average molecular weight is 298 g/mol. The first-order chi connectivity index (χ1) is 10.7. The molecule has 0 spiro atoms. The number of aromatic nitrogens is 1. The molecular formula is C18H22N2O2. The molecule has 1 amide bonds. The molecule has 1 aromatic heterocycles. The Morgan fingerprint density at radius 1 is 1.36 bits per heavy atom. The van der Waals surface area contributed by atoms with E-state index in [1.165, 1.54) is 16.5 Å². The van der Waals surface area contributed by atoms with Gasteiger partial charge in [-0.2, -0.15) is 0 Å². The molecule has 116 valence electrons. The van der Waals surface area contributed by atoms with Crippen LogP contribution in [0.1, 0.15) is 18.4 Å². The molecule has 0 aliphatic heterocycles. The third kappa shape index (κ3) is 3.07. The predicted octanol–water partition coefficient (Wildman–Crippen LogP) is 2.16. The standard InChI is InChI=1S/C18H22N2O2/c1-20-11-14(16-4-2-3-5-17(16)20)7-9-18(22)19-15-8-6-13(10-15)12-21/h2-6,8,11,13,15,21H,7,9-10,12H2,1H3,(H,19,22)/t13-,15+/m0/s1. The molecule has 4 heteroatoms. The first-order valence-corrected chi connectivity index (χ1v) is 7.79. The van der Waals surface area contributed by atoms with Crippen LogP contribution in [0.15, 0.2) is 42.6 Å². The summed E-state index contributed by atoms with van der Waals surface area (Å²) in [5.74, 6) is 0.254. The van der Waals surface area contributed by atoms with Crippen LogP contribution in [0.2, 0.25) is 0 Å². The van der Waals surface area contributed by atoms with E-state index in [4.69, 9.17) is 5.11 Å². The number of aliphatic hydroxyl groups is 1. The molecule has 3 rings (SSSR count). The summed E-state index contributed by atoms with van der Waals surface area (Å²) < 4.78 is 2.11. The topological polar surface area (TPSA) is 54.3 Å². The van der Waals surface area contributed by atoms with Gasteiger partial charge in [0.25, 0.3) is 0 Å². The maximum absolute atomic E-state index is 12.1. The summed E-state index contributed by atoms with van der Waals surface area (Å²) in [4.78, 5) is 12.1. The van der Waals surface area contributed by atoms with Crippen molar-refractivity contribution < 1.29 is 9.90 Å². The largest absolute Gasteiger partial charge is 0.396 e. The Morgan fingerprint density at radius 3 is 2.95 bits per heavy atom. The van der Waals surface area contributed by atoms with Crippen molar-refractivity contribution >= 4 is 16.8 Å². The summed E-state index contributed by atoms with van der Waals surface area (Å²) in [6.07, 6.45) is 8.10. The van der Waals surface area contributed by atoms with Crippen LogP contribution in [0.4, 0.5) is 0 Å². The highest BCUT2D eigenvalue weighted by Crippen LogP contribution is 2.22. The number of hydrogen-bond acceptors (Lipinski definition) is 2. The minimum Gasteiger partial charge on any atom is -0.396 e. The van der Waals surface area contributed by atoms with E-state index in [1.807, 2.05) is 31.3 Å². The van der Waals surface area contributed by atoms with Gasteiger partial charge in [-0.05, 0) is 24.5 Å². The van der Waals surface area contributed by atoms with E-state index >= 15 is 0 Å². The second kappa shape index (κ2) is 6.36. The fourth-order valence-electron chi connectivity index (χ4n) is 3.17. The number of aliphatic hydroxyl groups excluding tert-OH is 1. The third-order valence-corrected chi connectivity index (χ3v) is 4.35. The van der Waals surface area contributed by atoms with Gasteiger partial charge >= 0.3 is 0 Å². The van der Waals surface area contributed by atoms with E-state index in [-0.39, 0.29) is 24.5 Å². The van der Waals surface area contributed by atoms with Gasteiger partial charge in [0.1, 0.15) is 0 Å². The third-order valence-electron chi connectivity index (χ3n) is 4.35. The van der Waals surface area contributed by atoms with E-state index in [0.717, 1.165) is 12.8 Å². The number of rotatable bonds is 5. The molecule has 0 radical (unpaired) electrons. The number of para-hydroxylation sites is 1. The summed E-state index contributed by atoms with van der Waals surface area (Å²) in [6, 6.07) is 8.33. The van der Waals surface area contributed by atoms with E-state index in [0.29, 0.717) is 6.42 Å². The summed E-state index contributed by atoms with van der Waals surface area (Å²) in [5, 5.41) is 13.4. The molecule has 0 bridgehead atoms. The van der Waals surface area contributed by atoms with Crippen molar-refractivity contribution in [2.75, 3.05) is 6.61 Å². The van der Waals surface area contributed by atoms with Crippen LogP contribution >= 0.6 is 0 Å². The molecule has 1 aliphatic rings. The second-order valence-electron chi connectivity index (χ2n) is 6.02. The number of nitrogens with one attached hydrogen (secondary N) is 1. The van der Waals surface area contributed by atoms with Crippen molar-refractivity contribution in [2.45, 2.75) is 25.3 Å². The van der Waals surface area contributed by atoms with Crippen molar-refractivity contribution in [2.24, 2.45) is 13.0 Å². The monoisotopic (exact) mass is 298 g/mol. The Balaban J connectivity index is 1.58. The fraction of sp³-hybridized carbons (Fsp3) is 0.389. The lowest BCUT2D eigenvalue weighted by Gasteiger charge is -2.12. The molecule has 2 atom stereocenters. The summed E-state index contributed by atoms with van der Waals surface area (Å²) in [5.41, 5.74) is 2.41. The van der Waals surface area contributed by atoms with E-state index in [2.05, 4.69) is 28.2 Å². The first-order valence-electron chi connectivity index (χ1n) is 7.79. The lowest BCUT2D eigenvalue weighted by atomic mass is 10.1. The Kier molecular flexibility index (Phi) is 4.29. The maximum atomic E-state index is 12.1. The molecule has 1 heterocycles. The van der Waals surface area contributed by atoms with Gasteiger partial charge in [-0.15, -0.1) is 0 Å². The minimum atomic E-state index is 0.0668. The number of hydrogen-bond donors (Lipinski definition) is 2. The number of benzene rings is 1. The number of nitrogens with zero attached hydrogens (tertiary/aromatic N) is 1. The van der Waals surface area contributed by atoms with Crippen molar-refractivity contribution in [3.63, 3.8) is 0 Å². The van der Waals surface area contributed by atoms with Gasteiger partial charge in [0.15, 0.2) is 0 Å². The summed E-state index contributed by atoms with van der Waals surface area (Å²) >= 11 is 0. The first kappa shape index (κ1) is 14.9. The zero-order chi connectivity index (χ0) is 15.5. The predicted molar refractivity (Wildman–Crippen MR) is 87.5 cm³/mol. The smallest absolute Gasteiger partial charge is 0.220 e. The highest BCUT2D eigenvalue weighted by molar-refractivity contribution is 5.85. The summed E-state index contributed by atoms with van der Waals surface area (Å²) in [6.45, 7) is 0.152. The number of fused-ring (bicyclic) bond motifs is 1. The molecule has 4 nitrogen and oxygen atoms in total. The van der Waals surface area contributed by atoms with Crippen LogP contribution in [0, 0.1) is 5.92 Å². The molecule has 1 aliphatic carbocycles. The van der Waals surface area contributed by atoms with Gasteiger partial charge in [0.05, 0.1) is 0 Å². The van der Waals surface area contributed by atoms with Crippen molar-refractivity contribution in [1.29, 1.82) is 0 Å². The van der Waals surface area contributed by atoms with Gasteiger partial charge < -0.3 is 15.0 Å². The number of carbonyl (C=O) groups is 1. The quantitative estimate of drug-likeness (QED) is 0.831. The van der Waals surface area contributed by atoms with Crippen molar-refractivity contribution in [3.8, 4) is 0 Å². The maximum Gasteiger partial charge on any atom is 0.220 e. The lowest BCUT2D eigenvalue weighted by molar-refractivity contribution is -0.121. The molecule has 2 aromatic rings. The number of amides is 1.